The summed E-state index contributed by atoms with van der Waals surface area (Å²) in [5.41, 5.74) is 0. The standard InChI is InChI=1S/C14H21NO3S.C6H10BO6.CH2O.Na/c1-10-8-12(13(19-10)14(16)17-3)18-9-11-4-6-15(2)7-5-11;1-4(8)11-7(12-5(2)9)13-6(3)10;1-2;/h8,11H,4-7,9H2,1-3H3;7H,1-3H3;1H2;/q;-1;;+1. The van der Waals surface area contributed by atoms with Crippen LogP contribution < -0.4 is 34.3 Å². The van der Waals surface area contributed by atoms with Crippen LogP contribution >= 0.6 is 11.3 Å². The van der Waals surface area contributed by atoms with E-state index in [9.17, 15) is 19.2 Å². The summed E-state index contributed by atoms with van der Waals surface area (Å²) >= 11 is 1.43. The summed E-state index contributed by atoms with van der Waals surface area (Å²) in [7, 11) is 1.14. The molecule has 14 heteroatoms. The van der Waals surface area contributed by atoms with E-state index in [1.54, 1.807) is 0 Å². The Balaban J connectivity index is 0. The topological polar surface area (TPSA) is 135 Å². The van der Waals surface area contributed by atoms with E-state index in [2.05, 4.69) is 25.9 Å². The van der Waals surface area contributed by atoms with Crippen LogP contribution in [0.25, 0.3) is 0 Å². The van der Waals surface area contributed by atoms with Crippen molar-refractivity contribution in [2.75, 3.05) is 33.9 Å². The number of rotatable bonds is 7. The van der Waals surface area contributed by atoms with E-state index in [1.807, 2.05) is 19.8 Å². The van der Waals surface area contributed by atoms with Gasteiger partial charge < -0.3 is 33.1 Å². The van der Waals surface area contributed by atoms with Gasteiger partial charge in [0.1, 0.15) is 12.5 Å². The summed E-state index contributed by atoms with van der Waals surface area (Å²) in [6.45, 7) is 10.3. The molecule has 0 aromatic carbocycles. The van der Waals surface area contributed by atoms with Crippen molar-refractivity contribution in [2.45, 2.75) is 40.5 Å². The van der Waals surface area contributed by atoms with Crippen molar-refractivity contribution in [3.05, 3.63) is 15.8 Å². The van der Waals surface area contributed by atoms with Gasteiger partial charge in [-0.2, -0.15) is 0 Å². The number of hydrogen-bond donors (Lipinski definition) is 0. The average molecular weight is 525 g/mol. The summed E-state index contributed by atoms with van der Waals surface area (Å²) in [6, 6.07) is 1.92. The van der Waals surface area contributed by atoms with Crippen LogP contribution in [0.1, 0.15) is 48.2 Å². The Bertz CT molecular complexity index is 776. The van der Waals surface area contributed by atoms with Crippen molar-refractivity contribution in [3.63, 3.8) is 0 Å². The fraction of sp³-hybridized carbons (Fsp3) is 0.571. The molecule has 0 aliphatic carbocycles. The first-order chi connectivity index (χ1) is 16.0. The Labute approximate surface area is 232 Å². The number of methoxy groups -OCH3 is 1. The van der Waals surface area contributed by atoms with Crippen LogP contribution in [0.2, 0.25) is 0 Å². The molecule has 0 saturated carbocycles. The fourth-order valence-electron chi connectivity index (χ4n) is 2.86. The second-order valence-electron chi connectivity index (χ2n) is 7.36. The van der Waals surface area contributed by atoms with E-state index in [0.717, 1.165) is 51.6 Å². The molecule has 1 aromatic rings. The Hall–Kier alpha value is -1.93. The van der Waals surface area contributed by atoms with E-state index in [1.165, 1.54) is 18.4 Å². The first kappa shape index (κ1) is 35.2. The first-order valence-corrected chi connectivity index (χ1v) is 11.3. The van der Waals surface area contributed by atoms with Gasteiger partial charge in [-0.1, -0.05) is 0 Å². The van der Waals surface area contributed by atoms with Crippen LogP contribution in [-0.4, -0.2) is 76.7 Å². The monoisotopic (exact) mass is 525 g/mol. The van der Waals surface area contributed by atoms with E-state index in [-0.39, 0.29) is 35.5 Å². The van der Waals surface area contributed by atoms with E-state index in [4.69, 9.17) is 14.3 Å². The van der Waals surface area contributed by atoms with E-state index in [0.29, 0.717) is 23.2 Å². The number of carbonyl (C=O) groups is 5. The molecule has 2 rings (SSSR count). The molecule has 1 aliphatic heterocycles. The number of esters is 1. The van der Waals surface area contributed by atoms with Gasteiger partial charge in [-0.25, -0.2) is 4.79 Å². The van der Waals surface area contributed by atoms with Crippen molar-refractivity contribution in [1.82, 2.24) is 4.90 Å². The maximum atomic E-state index is 11.6. The van der Waals surface area contributed by atoms with Gasteiger partial charge in [0.05, 0.1) is 13.7 Å². The molecule has 0 radical (unpaired) electrons. The van der Waals surface area contributed by atoms with Gasteiger partial charge in [-0.15, -0.1) is 11.3 Å². The molecule has 0 amide bonds. The predicted octanol–water partition coefficient (Wildman–Crippen LogP) is -1.22. The van der Waals surface area contributed by atoms with Crippen molar-refractivity contribution in [1.29, 1.82) is 0 Å². The largest absolute Gasteiger partial charge is 1.00 e. The number of aryl methyl sites for hydroxylation is 1. The quantitative estimate of drug-likeness (QED) is 0.313. The van der Waals surface area contributed by atoms with Crippen LogP contribution in [0.4, 0.5) is 0 Å². The SMILES string of the molecule is C=O.CC(=O)O[BH-](OC(C)=O)OC(C)=O.COC(=O)c1sc(C)cc1OCC1CCN(C)CC1.[Na+]. The smallest absolute Gasteiger partial charge is 0.625 e. The normalized spacial score (nSPS) is 13.0. The number of hydrogen-bond acceptors (Lipinski definition) is 12. The third-order valence-electron chi connectivity index (χ3n) is 4.47. The molecule has 1 aromatic heterocycles. The average Bonchev–Trinajstić information content (AvgIpc) is 3.14. The molecule has 1 fully saturated rings. The zero-order valence-electron chi connectivity index (χ0n) is 21.5. The van der Waals surface area contributed by atoms with Crippen molar-refractivity contribution < 1.29 is 77.0 Å². The van der Waals surface area contributed by atoms with Gasteiger partial charge >= 0.3 is 42.8 Å². The molecular weight excluding hydrogens is 492 g/mol. The Kier molecular flexibility index (Phi) is 19.4. The molecule has 2 heterocycles. The van der Waals surface area contributed by atoms with Gasteiger partial charge in [0.25, 0.3) is 17.9 Å². The predicted molar refractivity (Wildman–Crippen MR) is 126 cm³/mol. The van der Waals surface area contributed by atoms with Gasteiger partial charge in [0.15, 0.2) is 4.88 Å². The molecule has 1 aliphatic rings. The first-order valence-electron chi connectivity index (χ1n) is 10.5. The van der Waals surface area contributed by atoms with Gasteiger partial charge in [0, 0.05) is 25.6 Å². The molecule has 0 spiro atoms. The number of carbonyl (C=O) groups excluding carboxylic acids is 5. The molecule has 1 saturated heterocycles. The van der Waals surface area contributed by atoms with Gasteiger partial charge in [-0.3, -0.25) is 14.4 Å². The fourth-order valence-corrected chi connectivity index (χ4v) is 3.73. The Morgan fingerprint density at radius 2 is 1.49 bits per heavy atom. The minimum atomic E-state index is -2.41. The maximum Gasteiger partial charge on any atom is 1.00 e. The minimum absolute atomic E-state index is 0. The number of piperidine rings is 1. The summed E-state index contributed by atoms with van der Waals surface area (Å²) in [6.07, 6.45) is 2.32. The zero-order chi connectivity index (χ0) is 26.3. The Morgan fingerprint density at radius 1 is 1.03 bits per heavy atom. The molecule has 11 nitrogen and oxygen atoms in total. The number of thiophene rings is 1. The molecule has 0 bridgehead atoms. The third-order valence-corrected chi connectivity index (χ3v) is 5.48. The van der Waals surface area contributed by atoms with Crippen molar-refractivity contribution in [2.24, 2.45) is 5.92 Å². The molecule has 0 N–H and O–H groups in total. The van der Waals surface area contributed by atoms with E-state index < -0.39 is 25.2 Å². The molecule has 35 heavy (non-hydrogen) atoms. The summed E-state index contributed by atoms with van der Waals surface area (Å²) in [5, 5.41) is 0. The molecule has 0 unspecified atom stereocenters. The van der Waals surface area contributed by atoms with Gasteiger partial charge in [-0.05, 0) is 51.9 Å². The Morgan fingerprint density at radius 3 is 1.89 bits per heavy atom. The molecule has 0 atom stereocenters. The van der Waals surface area contributed by atoms with Crippen LogP contribution in [0.3, 0.4) is 0 Å². The minimum Gasteiger partial charge on any atom is -0.625 e. The molecule has 192 valence electrons. The summed E-state index contributed by atoms with van der Waals surface area (Å²) in [5.74, 6) is -1.08. The van der Waals surface area contributed by atoms with Crippen LogP contribution in [0.15, 0.2) is 6.07 Å². The van der Waals surface area contributed by atoms with Gasteiger partial charge in [0.2, 0.25) is 0 Å². The number of ether oxygens (including phenoxy) is 2. The molecular formula is C21H33BNNaO10S. The van der Waals surface area contributed by atoms with Crippen molar-refractivity contribution >= 4 is 49.3 Å². The number of nitrogens with zero attached hydrogens (tertiary/aromatic N) is 1. The zero-order valence-corrected chi connectivity index (χ0v) is 24.4. The summed E-state index contributed by atoms with van der Waals surface area (Å²) < 4.78 is 23.9. The van der Waals surface area contributed by atoms with Crippen LogP contribution in [-0.2, 0) is 37.9 Å². The van der Waals surface area contributed by atoms with Crippen LogP contribution in [0, 0.1) is 12.8 Å². The summed E-state index contributed by atoms with van der Waals surface area (Å²) in [4.78, 5) is 54.9. The second-order valence-corrected chi connectivity index (χ2v) is 8.62. The second kappa shape index (κ2) is 19.3. The third kappa shape index (κ3) is 15.6. The van der Waals surface area contributed by atoms with E-state index >= 15 is 0 Å². The number of likely N-dealkylation sites (tertiary alicyclic amines) is 1. The maximum absolute atomic E-state index is 11.6. The van der Waals surface area contributed by atoms with Crippen molar-refractivity contribution in [3.8, 4) is 5.75 Å². The van der Waals surface area contributed by atoms with Crippen LogP contribution in [0.5, 0.6) is 5.75 Å².